The number of unbranched alkanes of at least 4 members (excludes halogenated alkanes) is 7. The van der Waals surface area contributed by atoms with Crippen LogP contribution in [0.5, 0.6) is 0 Å². The fourth-order valence-electron chi connectivity index (χ4n) is 2.34. The van der Waals surface area contributed by atoms with Gasteiger partial charge in [0.2, 0.25) is 0 Å². The molecule has 0 rings (SSSR count). The first-order chi connectivity index (χ1) is 12.7. The third-order valence-corrected chi connectivity index (χ3v) is 4.88. The molecular formula is C17H33NNa2O8S. The van der Waals surface area contributed by atoms with Gasteiger partial charge < -0.3 is 18.1 Å². The van der Waals surface area contributed by atoms with E-state index in [2.05, 4.69) is 16.4 Å². The van der Waals surface area contributed by atoms with E-state index in [0.29, 0.717) is 6.42 Å². The van der Waals surface area contributed by atoms with E-state index in [1.807, 2.05) is 0 Å². The summed E-state index contributed by atoms with van der Waals surface area (Å²) >= 11 is 0. The zero-order valence-electron chi connectivity index (χ0n) is 19.9. The van der Waals surface area contributed by atoms with Gasteiger partial charge in [0.15, 0.2) is 5.25 Å². The predicted molar refractivity (Wildman–Crippen MR) is 101 cm³/mol. The van der Waals surface area contributed by atoms with Gasteiger partial charge in [-0.15, -0.1) is 0 Å². The van der Waals surface area contributed by atoms with Gasteiger partial charge >= 0.3 is 77.0 Å². The van der Waals surface area contributed by atoms with Gasteiger partial charge in [0, 0.05) is 13.0 Å². The number of carbonyl (C=O) groups excluding carboxylic acids is 3. The normalized spacial score (nSPS) is 11.6. The first-order valence-electron chi connectivity index (χ1n) is 9.28. The van der Waals surface area contributed by atoms with Crippen LogP contribution in [0.3, 0.4) is 0 Å². The zero-order valence-corrected chi connectivity index (χ0v) is 22.7. The van der Waals surface area contributed by atoms with Gasteiger partial charge in [0.25, 0.3) is 10.1 Å². The third kappa shape index (κ3) is 18.9. The summed E-state index contributed by atoms with van der Waals surface area (Å²) in [6.45, 7) is 1.83. The molecule has 0 aliphatic rings. The van der Waals surface area contributed by atoms with Crippen LogP contribution < -0.4 is 64.8 Å². The molecule has 0 radical (unpaired) electrons. The molecule has 0 aromatic carbocycles. The average molecular weight is 457 g/mol. The van der Waals surface area contributed by atoms with E-state index >= 15 is 0 Å². The number of rotatable bonds is 15. The Morgan fingerprint density at radius 2 is 1.48 bits per heavy atom. The van der Waals surface area contributed by atoms with E-state index < -0.39 is 39.7 Å². The minimum Gasteiger partial charge on any atom is -1.00 e. The summed E-state index contributed by atoms with van der Waals surface area (Å²) in [7, 11) is -4.89. The summed E-state index contributed by atoms with van der Waals surface area (Å²) in [5.74, 6) is -3.34. The smallest absolute Gasteiger partial charge is 1.00 e. The molecule has 1 unspecified atom stereocenters. The van der Waals surface area contributed by atoms with Crippen molar-refractivity contribution in [1.29, 1.82) is 0 Å². The Morgan fingerprint density at radius 3 is 1.97 bits per heavy atom. The molecule has 0 saturated heterocycles. The van der Waals surface area contributed by atoms with Crippen LogP contribution in [0.25, 0.3) is 0 Å². The molecule has 0 aliphatic heterocycles. The van der Waals surface area contributed by atoms with Gasteiger partial charge in [-0.3, -0.25) is 18.9 Å². The van der Waals surface area contributed by atoms with Crippen LogP contribution in [0, 0.1) is 0 Å². The Hall–Kier alpha value is 0.480. The maximum Gasteiger partial charge on any atom is 1.00 e. The molecule has 0 aromatic heterocycles. The molecule has 0 aliphatic carbocycles. The van der Waals surface area contributed by atoms with Crippen molar-refractivity contribution in [3.8, 4) is 0 Å². The maximum atomic E-state index is 11.7. The van der Waals surface area contributed by atoms with Gasteiger partial charge in [-0.2, -0.15) is 8.42 Å². The number of hydrogen-bond acceptors (Lipinski definition) is 8. The van der Waals surface area contributed by atoms with E-state index in [1.165, 1.54) is 19.3 Å². The standard InChI is InChI=1S/C17H31NO8S.2Na.2H/c1-2-3-4-5-6-7-8-9-10-15(19)26-16(20)13-14(27(22,23)24)17(21)25-12-11-18;;;;/h14H,2-13,18H2,1H3,(H,22,23,24);;;;/q;2*+1;2*-1. The second kappa shape index (κ2) is 20.4. The van der Waals surface area contributed by atoms with Crippen LogP contribution in [0.2, 0.25) is 0 Å². The summed E-state index contributed by atoms with van der Waals surface area (Å²) in [5, 5.41) is -2.15. The van der Waals surface area contributed by atoms with Crippen molar-refractivity contribution in [1.82, 2.24) is 0 Å². The average Bonchev–Trinajstić information content (AvgIpc) is 2.58. The van der Waals surface area contributed by atoms with Crippen molar-refractivity contribution in [2.24, 2.45) is 5.73 Å². The maximum absolute atomic E-state index is 11.7. The van der Waals surface area contributed by atoms with Crippen LogP contribution in [0.15, 0.2) is 0 Å². The topological polar surface area (TPSA) is 150 Å². The molecule has 162 valence electrons. The third-order valence-electron chi connectivity index (χ3n) is 3.80. The molecular weight excluding hydrogens is 424 g/mol. The van der Waals surface area contributed by atoms with Crippen molar-refractivity contribution in [2.75, 3.05) is 13.2 Å². The number of carbonyl (C=O) groups is 3. The van der Waals surface area contributed by atoms with Crippen LogP contribution >= 0.6 is 0 Å². The SMILES string of the molecule is CCCCCCCCCCC(=O)OC(=O)CC(C(=O)OCCN)S(=O)(=O)O.[H-].[H-].[Na+].[Na+]. The Bertz CT molecular complexity index is 582. The zero-order chi connectivity index (χ0) is 20.7. The first-order valence-corrected chi connectivity index (χ1v) is 10.8. The summed E-state index contributed by atoms with van der Waals surface area (Å²) < 4.78 is 40.5. The van der Waals surface area contributed by atoms with Gasteiger partial charge in [0.05, 0.1) is 6.42 Å². The van der Waals surface area contributed by atoms with Crippen LogP contribution in [0.1, 0.15) is 74.0 Å². The molecule has 0 fully saturated rings. The number of esters is 3. The molecule has 29 heavy (non-hydrogen) atoms. The summed E-state index contributed by atoms with van der Waals surface area (Å²) in [6, 6.07) is 0. The molecule has 0 amide bonds. The number of ether oxygens (including phenoxy) is 2. The summed E-state index contributed by atoms with van der Waals surface area (Å²) in [5.41, 5.74) is 5.13. The second-order valence-electron chi connectivity index (χ2n) is 6.23. The van der Waals surface area contributed by atoms with Crippen LogP contribution in [-0.2, 0) is 34.0 Å². The van der Waals surface area contributed by atoms with E-state index in [4.69, 9.17) is 10.3 Å². The van der Waals surface area contributed by atoms with Crippen molar-refractivity contribution in [3.05, 3.63) is 0 Å². The van der Waals surface area contributed by atoms with Crippen molar-refractivity contribution in [3.63, 3.8) is 0 Å². The van der Waals surface area contributed by atoms with E-state index in [0.717, 1.165) is 25.7 Å². The van der Waals surface area contributed by atoms with Crippen LogP contribution in [0.4, 0.5) is 0 Å². The van der Waals surface area contributed by atoms with Crippen molar-refractivity contribution in [2.45, 2.75) is 76.4 Å². The monoisotopic (exact) mass is 457 g/mol. The predicted octanol–water partition coefficient (Wildman–Crippen LogP) is -4.03. The molecule has 0 heterocycles. The van der Waals surface area contributed by atoms with Gasteiger partial charge in [-0.1, -0.05) is 51.9 Å². The largest absolute Gasteiger partial charge is 1.00 e. The van der Waals surface area contributed by atoms with Crippen molar-refractivity contribution >= 4 is 28.0 Å². The first kappa shape index (κ1) is 34.1. The summed E-state index contributed by atoms with van der Waals surface area (Å²) in [6.07, 6.45) is 7.25. The van der Waals surface area contributed by atoms with Crippen molar-refractivity contribution < 1.29 is 98.8 Å². The van der Waals surface area contributed by atoms with Gasteiger partial charge in [-0.05, 0) is 6.42 Å². The van der Waals surface area contributed by atoms with E-state index in [-0.39, 0.29) is 81.5 Å². The Balaban J connectivity index is -0.000000563. The quantitative estimate of drug-likeness (QED) is 0.0824. The Labute approximate surface area is 220 Å². The fourth-order valence-corrected chi connectivity index (χ4v) is 2.99. The number of nitrogens with two attached hydrogens (primary N) is 1. The molecule has 1 atom stereocenters. The summed E-state index contributed by atoms with van der Waals surface area (Å²) in [4.78, 5) is 34.9. The molecule has 0 saturated carbocycles. The molecule has 0 bridgehead atoms. The van der Waals surface area contributed by atoms with Gasteiger partial charge in [-0.25, -0.2) is 0 Å². The molecule has 9 nitrogen and oxygen atoms in total. The minimum atomic E-state index is -4.89. The van der Waals surface area contributed by atoms with Gasteiger partial charge in [0.1, 0.15) is 6.61 Å². The van der Waals surface area contributed by atoms with E-state index in [1.54, 1.807) is 0 Å². The number of hydrogen-bond donors (Lipinski definition) is 2. The Morgan fingerprint density at radius 1 is 0.966 bits per heavy atom. The molecule has 3 N–H and O–H groups in total. The molecule has 12 heteroatoms. The molecule has 0 spiro atoms. The minimum absolute atomic E-state index is 0. The Kier molecular flexibility index (Phi) is 24.0. The fraction of sp³-hybridized carbons (Fsp3) is 0.824. The second-order valence-corrected chi connectivity index (χ2v) is 7.83. The van der Waals surface area contributed by atoms with Crippen LogP contribution in [-0.4, -0.2) is 49.3 Å². The molecule has 0 aromatic rings. The van der Waals surface area contributed by atoms with E-state index in [9.17, 15) is 22.8 Å².